The van der Waals surface area contributed by atoms with Gasteiger partial charge in [-0.25, -0.2) is 0 Å². The average Bonchev–Trinajstić information content (AvgIpc) is 2.83. The minimum Gasteiger partial charge on any atom is -0.490 e. The smallest absolute Gasteiger partial charge is 0.242 e. The molecule has 1 atom stereocenters. The van der Waals surface area contributed by atoms with Crippen molar-refractivity contribution in [1.29, 1.82) is 0 Å². The minimum absolute atomic E-state index is 0.0337. The van der Waals surface area contributed by atoms with Crippen LogP contribution < -0.4 is 14.8 Å². The zero-order valence-electron chi connectivity index (χ0n) is 21.4. The monoisotopic (exact) mass is 468 g/mol. The van der Waals surface area contributed by atoms with Crippen LogP contribution in [-0.2, 0) is 22.6 Å². The third-order valence-electron chi connectivity index (χ3n) is 5.77. The van der Waals surface area contributed by atoms with Crippen molar-refractivity contribution in [1.82, 2.24) is 10.2 Å². The van der Waals surface area contributed by atoms with E-state index < -0.39 is 6.04 Å². The molecule has 6 nitrogen and oxygen atoms in total. The van der Waals surface area contributed by atoms with Crippen molar-refractivity contribution in [3.8, 4) is 11.5 Å². The second-order valence-electron chi connectivity index (χ2n) is 8.31. The van der Waals surface area contributed by atoms with Crippen molar-refractivity contribution in [3.63, 3.8) is 0 Å². The molecule has 0 radical (unpaired) electrons. The van der Waals surface area contributed by atoms with Crippen molar-refractivity contribution in [2.45, 2.75) is 72.9 Å². The van der Waals surface area contributed by atoms with Crippen LogP contribution in [0.15, 0.2) is 42.5 Å². The Bertz CT molecular complexity index is 928. The van der Waals surface area contributed by atoms with Crippen LogP contribution >= 0.6 is 0 Å². The summed E-state index contributed by atoms with van der Waals surface area (Å²) in [5.74, 6) is 1.27. The lowest BCUT2D eigenvalue weighted by molar-refractivity contribution is -0.141. The van der Waals surface area contributed by atoms with E-state index in [1.807, 2.05) is 77.1 Å². The molecule has 2 rings (SSSR count). The molecule has 2 amide bonds. The molecule has 2 aromatic carbocycles. The summed E-state index contributed by atoms with van der Waals surface area (Å²) in [6, 6.07) is 13.3. The highest BCUT2D eigenvalue weighted by atomic mass is 16.5. The van der Waals surface area contributed by atoms with Gasteiger partial charge in [0.05, 0.1) is 13.2 Å². The Morgan fingerprint density at radius 3 is 2.32 bits per heavy atom. The normalized spacial score (nSPS) is 11.6. The van der Waals surface area contributed by atoms with Crippen LogP contribution in [0.3, 0.4) is 0 Å². The van der Waals surface area contributed by atoms with E-state index in [0.717, 1.165) is 23.1 Å². The molecule has 0 saturated carbocycles. The molecule has 0 aromatic heterocycles. The molecule has 0 spiro atoms. The summed E-state index contributed by atoms with van der Waals surface area (Å²) < 4.78 is 11.4. The van der Waals surface area contributed by atoms with Gasteiger partial charge in [0.25, 0.3) is 0 Å². The molecule has 0 heterocycles. The molecule has 2 aromatic rings. The lowest BCUT2D eigenvalue weighted by Gasteiger charge is -2.31. The fourth-order valence-corrected chi connectivity index (χ4v) is 3.90. The maximum absolute atomic E-state index is 13.5. The molecule has 186 valence electrons. The third kappa shape index (κ3) is 7.79. The summed E-state index contributed by atoms with van der Waals surface area (Å²) in [5.41, 5.74) is 3.16. The number of hydrogen-bond donors (Lipinski definition) is 1. The number of hydrogen-bond acceptors (Lipinski definition) is 4. The molecular formula is C28H40N2O4. The van der Waals surface area contributed by atoms with Gasteiger partial charge in [0, 0.05) is 19.5 Å². The summed E-state index contributed by atoms with van der Waals surface area (Å²) in [4.78, 5) is 28.1. The molecular weight excluding hydrogens is 428 g/mol. The van der Waals surface area contributed by atoms with Crippen LogP contribution in [0.4, 0.5) is 0 Å². The van der Waals surface area contributed by atoms with Crippen LogP contribution in [0, 0.1) is 6.92 Å². The second kappa shape index (κ2) is 14.3. The molecule has 0 aliphatic heterocycles. The van der Waals surface area contributed by atoms with E-state index in [9.17, 15) is 9.59 Å². The summed E-state index contributed by atoms with van der Waals surface area (Å²) in [6.45, 7) is 12.0. The van der Waals surface area contributed by atoms with Crippen LogP contribution in [0.2, 0.25) is 0 Å². The minimum atomic E-state index is -0.502. The first kappa shape index (κ1) is 27.2. The van der Waals surface area contributed by atoms with E-state index >= 15 is 0 Å². The quantitative estimate of drug-likeness (QED) is 0.421. The predicted molar refractivity (Wildman–Crippen MR) is 136 cm³/mol. The van der Waals surface area contributed by atoms with Gasteiger partial charge in [-0.1, -0.05) is 44.2 Å². The van der Waals surface area contributed by atoms with E-state index in [-0.39, 0.29) is 11.8 Å². The summed E-state index contributed by atoms with van der Waals surface area (Å²) in [5, 5.41) is 2.97. The van der Waals surface area contributed by atoms with E-state index in [0.29, 0.717) is 57.1 Å². The van der Waals surface area contributed by atoms with Gasteiger partial charge in [0.1, 0.15) is 6.04 Å². The van der Waals surface area contributed by atoms with Crippen LogP contribution in [0.5, 0.6) is 11.5 Å². The van der Waals surface area contributed by atoms with Gasteiger partial charge in [-0.3, -0.25) is 9.59 Å². The maximum atomic E-state index is 13.5. The molecule has 34 heavy (non-hydrogen) atoms. The van der Waals surface area contributed by atoms with Crippen molar-refractivity contribution in [2.75, 3.05) is 19.8 Å². The van der Waals surface area contributed by atoms with Gasteiger partial charge in [-0.15, -0.1) is 0 Å². The Kier molecular flexibility index (Phi) is 11.4. The van der Waals surface area contributed by atoms with Gasteiger partial charge >= 0.3 is 0 Å². The topological polar surface area (TPSA) is 67.9 Å². The second-order valence-corrected chi connectivity index (χ2v) is 8.31. The third-order valence-corrected chi connectivity index (χ3v) is 5.77. The van der Waals surface area contributed by atoms with E-state index in [1.54, 1.807) is 4.90 Å². The molecule has 1 N–H and O–H groups in total. The average molecular weight is 469 g/mol. The Balaban J connectivity index is 2.22. The largest absolute Gasteiger partial charge is 0.490 e. The maximum Gasteiger partial charge on any atom is 0.242 e. The van der Waals surface area contributed by atoms with Crippen molar-refractivity contribution < 1.29 is 19.1 Å². The van der Waals surface area contributed by atoms with E-state index in [2.05, 4.69) is 5.32 Å². The van der Waals surface area contributed by atoms with Gasteiger partial charge in [-0.05, 0) is 68.9 Å². The van der Waals surface area contributed by atoms with Crippen LogP contribution in [-0.4, -0.2) is 42.5 Å². The Hall–Kier alpha value is -3.02. The van der Waals surface area contributed by atoms with Crippen LogP contribution in [0.25, 0.3) is 0 Å². The zero-order valence-corrected chi connectivity index (χ0v) is 21.4. The SMILES string of the molecule is CCCNC(=O)C(CC)N(Cc1ccccc1C)C(=O)CCc1ccc(OCC)c(OCC)c1. The standard InChI is InChI=1S/C28H40N2O4/c1-6-18-29-28(32)24(7-2)30(20-23-13-11-10-12-21(23)5)27(31)17-15-22-14-16-25(33-8-3)26(19-22)34-9-4/h10-14,16,19,24H,6-9,15,17-18,20H2,1-5H3,(H,29,32). The number of nitrogens with one attached hydrogen (secondary N) is 1. The fourth-order valence-electron chi connectivity index (χ4n) is 3.90. The number of amides is 2. The first-order valence-corrected chi connectivity index (χ1v) is 12.4. The summed E-state index contributed by atoms with van der Waals surface area (Å²) in [6.07, 6.45) is 2.28. The highest BCUT2D eigenvalue weighted by Crippen LogP contribution is 2.29. The fraction of sp³-hybridized carbons (Fsp3) is 0.500. The molecule has 0 bridgehead atoms. The lowest BCUT2D eigenvalue weighted by atomic mass is 10.0. The summed E-state index contributed by atoms with van der Waals surface area (Å²) >= 11 is 0. The lowest BCUT2D eigenvalue weighted by Crippen LogP contribution is -2.49. The van der Waals surface area contributed by atoms with Gasteiger partial charge in [0.15, 0.2) is 11.5 Å². The number of rotatable bonds is 14. The molecule has 1 unspecified atom stereocenters. The zero-order chi connectivity index (χ0) is 24.9. The van der Waals surface area contributed by atoms with Crippen molar-refractivity contribution >= 4 is 11.8 Å². The Labute approximate surface area is 204 Å². The molecule has 0 fully saturated rings. The van der Waals surface area contributed by atoms with Gasteiger partial charge in [-0.2, -0.15) is 0 Å². The first-order chi connectivity index (χ1) is 16.4. The first-order valence-electron chi connectivity index (χ1n) is 12.4. The number of aryl methyl sites for hydroxylation is 2. The van der Waals surface area contributed by atoms with E-state index in [4.69, 9.17) is 9.47 Å². The highest BCUT2D eigenvalue weighted by Gasteiger charge is 2.28. The van der Waals surface area contributed by atoms with Gasteiger partial charge < -0.3 is 19.7 Å². The van der Waals surface area contributed by atoms with Gasteiger partial charge in [0.2, 0.25) is 11.8 Å². The number of carbonyl (C=O) groups is 2. The molecule has 0 aliphatic carbocycles. The molecule has 0 aliphatic rings. The number of nitrogens with zero attached hydrogens (tertiary/aromatic N) is 1. The Morgan fingerprint density at radius 1 is 0.971 bits per heavy atom. The molecule has 6 heteroatoms. The van der Waals surface area contributed by atoms with E-state index in [1.165, 1.54) is 0 Å². The number of benzene rings is 2. The number of ether oxygens (including phenoxy) is 2. The van der Waals surface area contributed by atoms with Crippen molar-refractivity contribution in [3.05, 3.63) is 59.2 Å². The molecule has 0 saturated heterocycles. The summed E-state index contributed by atoms with van der Waals surface area (Å²) in [7, 11) is 0. The highest BCUT2D eigenvalue weighted by molar-refractivity contribution is 5.87. The Morgan fingerprint density at radius 2 is 1.68 bits per heavy atom. The number of carbonyl (C=O) groups excluding carboxylic acids is 2. The van der Waals surface area contributed by atoms with Crippen LogP contribution in [0.1, 0.15) is 63.6 Å². The predicted octanol–water partition coefficient (Wildman–Crippen LogP) is 5.06. The van der Waals surface area contributed by atoms with Crippen molar-refractivity contribution in [2.24, 2.45) is 0 Å².